The molecule has 2 N–H and O–H groups in total. The fourth-order valence-corrected chi connectivity index (χ4v) is 1.74. The van der Waals surface area contributed by atoms with Crippen molar-refractivity contribution in [2.45, 2.75) is 19.2 Å². The summed E-state index contributed by atoms with van der Waals surface area (Å²) in [5.41, 5.74) is -0.327. The van der Waals surface area contributed by atoms with Crippen LogP contribution >= 0.6 is 0 Å². The molecule has 0 aliphatic heterocycles. The summed E-state index contributed by atoms with van der Waals surface area (Å²) in [6, 6.07) is 3.49. The molecule has 1 amide bonds. The number of rotatable bonds is 8. The molecule has 0 saturated carbocycles. The van der Waals surface area contributed by atoms with Gasteiger partial charge in [-0.2, -0.15) is 13.2 Å². The van der Waals surface area contributed by atoms with Gasteiger partial charge < -0.3 is 14.8 Å². The lowest BCUT2D eigenvalue weighted by Gasteiger charge is -2.15. The van der Waals surface area contributed by atoms with Crippen molar-refractivity contribution in [3.63, 3.8) is 0 Å². The Hall–Kier alpha value is -2.89. The number of nitro benzene ring substituents is 1. The van der Waals surface area contributed by atoms with E-state index < -0.39 is 42.2 Å². The highest BCUT2D eigenvalue weighted by atomic mass is 19.4. The largest absolute Gasteiger partial charge is 0.495 e. The van der Waals surface area contributed by atoms with E-state index in [2.05, 4.69) is 5.32 Å². The molecule has 1 aromatic carbocycles. The van der Waals surface area contributed by atoms with E-state index in [1.165, 1.54) is 26.2 Å². The monoisotopic (exact) mass is 379 g/mol. The van der Waals surface area contributed by atoms with Gasteiger partial charge in [-0.25, -0.2) is 0 Å². The maximum atomic E-state index is 12.0. The van der Waals surface area contributed by atoms with Crippen LogP contribution in [0, 0.1) is 10.1 Å². The van der Waals surface area contributed by atoms with E-state index in [0.717, 1.165) is 6.07 Å². The number of carbonyl (C=O) groups excluding carboxylic acids is 2. The number of nitrogens with zero attached hydrogens (tertiary/aromatic N) is 1. The van der Waals surface area contributed by atoms with Crippen LogP contribution in [0.1, 0.15) is 6.92 Å². The third-order valence-corrected chi connectivity index (χ3v) is 2.92. The molecule has 0 aliphatic carbocycles. The summed E-state index contributed by atoms with van der Waals surface area (Å²) in [5.74, 6) is -1.77. The van der Waals surface area contributed by atoms with Gasteiger partial charge in [-0.05, 0) is 13.0 Å². The van der Waals surface area contributed by atoms with Gasteiger partial charge in [0.1, 0.15) is 5.75 Å². The SMILES string of the molecule is COc1ccc([N+](=O)[O-])cc1NC(=O)[C@@H](C)OC(=O)CNCC(F)(F)F. The number of anilines is 1. The molecular weight excluding hydrogens is 363 g/mol. The van der Waals surface area contributed by atoms with Gasteiger partial charge in [-0.15, -0.1) is 0 Å². The number of amides is 1. The Morgan fingerprint density at radius 2 is 2.00 bits per heavy atom. The van der Waals surface area contributed by atoms with E-state index in [1.807, 2.05) is 5.32 Å². The van der Waals surface area contributed by atoms with Crippen LogP contribution in [0.4, 0.5) is 24.5 Å². The number of benzene rings is 1. The summed E-state index contributed by atoms with van der Waals surface area (Å²) < 4.78 is 45.5. The number of nitro groups is 1. The lowest BCUT2D eigenvalue weighted by atomic mass is 10.2. The maximum Gasteiger partial charge on any atom is 0.401 e. The van der Waals surface area contributed by atoms with Crippen LogP contribution in [0.5, 0.6) is 5.75 Å². The summed E-state index contributed by atoms with van der Waals surface area (Å²) in [6.07, 6.45) is -5.83. The Labute approximate surface area is 145 Å². The van der Waals surface area contributed by atoms with E-state index in [4.69, 9.17) is 9.47 Å². The van der Waals surface area contributed by atoms with Crippen LogP contribution in [-0.2, 0) is 14.3 Å². The molecule has 1 rings (SSSR count). The van der Waals surface area contributed by atoms with Crippen molar-refractivity contribution in [3.8, 4) is 5.75 Å². The molecule has 0 saturated heterocycles. The number of alkyl halides is 3. The molecule has 1 atom stereocenters. The van der Waals surface area contributed by atoms with E-state index in [9.17, 15) is 32.9 Å². The van der Waals surface area contributed by atoms with Crippen molar-refractivity contribution in [3.05, 3.63) is 28.3 Å². The molecule has 12 heteroatoms. The Morgan fingerprint density at radius 1 is 1.35 bits per heavy atom. The molecule has 0 aromatic heterocycles. The minimum absolute atomic E-state index is 0.0233. The van der Waals surface area contributed by atoms with Gasteiger partial charge >= 0.3 is 12.1 Å². The number of methoxy groups -OCH3 is 1. The van der Waals surface area contributed by atoms with E-state index in [-0.39, 0.29) is 17.1 Å². The molecule has 0 unspecified atom stereocenters. The van der Waals surface area contributed by atoms with Gasteiger partial charge in [-0.1, -0.05) is 0 Å². The highest BCUT2D eigenvalue weighted by Gasteiger charge is 2.27. The lowest BCUT2D eigenvalue weighted by Crippen LogP contribution is -2.37. The second-order valence-corrected chi connectivity index (χ2v) is 4.98. The fraction of sp³-hybridized carbons (Fsp3) is 0.429. The molecule has 144 valence electrons. The Bertz CT molecular complexity index is 680. The highest BCUT2D eigenvalue weighted by Crippen LogP contribution is 2.29. The zero-order valence-corrected chi connectivity index (χ0v) is 13.8. The summed E-state index contributed by atoms with van der Waals surface area (Å²) in [7, 11) is 1.28. The third-order valence-electron chi connectivity index (χ3n) is 2.92. The third kappa shape index (κ3) is 6.93. The van der Waals surface area contributed by atoms with E-state index >= 15 is 0 Å². The quantitative estimate of drug-likeness (QED) is 0.400. The first kappa shape index (κ1) is 21.2. The van der Waals surface area contributed by atoms with Crippen molar-refractivity contribution in [2.75, 3.05) is 25.5 Å². The van der Waals surface area contributed by atoms with Gasteiger partial charge in [0.2, 0.25) is 0 Å². The van der Waals surface area contributed by atoms with Crippen molar-refractivity contribution >= 4 is 23.3 Å². The number of esters is 1. The fourth-order valence-electron chi connectivity index (χ4n) is 1.74. The van der Waals surface area contributed by atoms with Gasteiger partial charge in [0.25, 0.3) is 11.6 Å². The van der Waals surface area contributed by atoms with Gasteiger partial charge in [0.05, 0.1) is 30.8 Å². The van der Waals surface area contributed by atoms with Gasteiger partial charge in [0, 0.05) is 12.1 Å². The van der Waals surface area contributed by atoms with Crippen LogP contribution in [0.2, 0.25) is 0 Å². The summed E-state index contributed by atoms with van der Waals surface area (Å²) in [5, 5.41) is 14.9. The Morgan fingerprint density at radius 3 is 2.54 bits per heavy atom. The van der Waals surface area contributed by atoms with Crippen molar-refractivity contribution < 1.29 is 37.2 Å². The van der Waals surface area contributed by atoms with Crippen LogP contribution < -0.4 is 15.4 Å². The lowest BCUT2D eigenvalue weighted by molar-refractivity contribution is -0.384. The second kappa shape index (κ2) is 8.99. The van der Waals surface area contributed by atoms with Crippen LogP contribution in [0.3, 0.4) is 0 Å². The van der Waals surface area contributed by atoms with Crippen molar-refractivity contribution in [1.82, 2.24) is 5.32 Å². The first-order chi connectivity index (χ1) is 12.0. The normalized spacial score (nSPS) is 12.2. The first-order valence-corrected chi connectivity index (χ1v) is 7.13. The summed E-state index contributed by atoms with van der Waals surface area (Å²) in [4.78, 5) is 33.5. The Balaban J connectivity index is 2.65. The smallest absolute Gasteiger partial charge is 0.401 e. The number of carbonyl (C=O) groups is 2. The van der Waals surface area contributed by atoms with Crippen LogP contribution in [-0.4, -0.2) is 49.3 Å². The number of hydrogen-bond acceptors (Lipinski definition) is 7. The molecule has 0 bridgehead atoms. The van der Waals surface area contributed by atoms with Crippen LogP contribution in [0.15, 0.2) is 18.2 Å². The van der Waals surface area contributed by atoms with Crippen molar-refractivity contribution in [1.29, 1.82) is 0 Å². The topological polar surface area (TPSA) is 120 Å². The zero-order chi connectivity index (χ0) is 19.9. The maximum absolute atomic E-state index is 12.0. The summed E-state index contributed by atoms with van der Waals surface area (Å²) in [6.45, 7) is -0.925. The predicted octanol–water partition coefficient (Wildman–Crippen LogP) is 1.63. The van der Waals surface area contributed by atoms with Crippen LogP contribution in [0.25, 0.3) is 0 Å². The predicted molar refractivity (Wildman–Crippen MR) is 82.8 cm³/mol. The average molecular weight is 379 g/mol. The number of hydrogen-bond donors (Lipinski definition) is 2. The average Bonchev–Trinajstić information content (AvgIpc) is 2.53. The highest BCUT2D eigenvalue weighted by molar-refractivity contribution is 5.96. The molecule has 9 nitrogen and oxygen atoms in total. The number of nitrogens with one attached hydrogen (secondary N) is 2. The molecule has 0 fully saturated rings. The molecule has 0 heterocycles. The number of non-ortho nitro benzene ring substituents is 1. The number of halogens is 3. The van der Waals surface area contributed by atoms with Gasteiger partial charge in [0.15, 0.2) is 6.10 Å². The molecule has 1 aromatic rings. The van der Waals surface area contributed by atoms with E-state index in [0.29, 0.717) is 0 Å². The number of ether oxygens (including phenoxy) is 2. The summed E-state index contributed by atoms with van der Waals surface area (Å²) >= 11 is 0. The standard InChI is InChI=1S/C14H16F3N3O6/c1-8(26-12(21)6-18-7-14(15,16)17)13(22)19-10-5-9(20(23)24)3-4-11(10)25-2/h3-5,8,18H,6-7H2,1-2H3,(H,19,22)/t8-/m1/s1. The van der Waals surface area contributed by atoms with E-state index in [1.54, 1.807) is 0 Å². The Kier molecular flexibility index (Phi) is 7.31. The molecule has 0 aliphatic rings. The second-order valence-electron chi connectivity index (χ2n) is 4.98. The molecule has 0 spiro atoms. The molecular formula is C14H16F3N3O6. The first-order valence-electron chi connectivity index (χ1n) is 7.13. The minimum Gasteiger partial charge on any atom is -0.495 e. The van der Waals surface area contributed by atoms with Gasteiger partial charge in [-0.3, -0.25) is 25.0 Å². The molecule has 0 radical (unpaired) electrons. The zero-order valence-electron chi connectivity index (χ0n) is 13.8. The minimum atomic E-state index is -4.48. The van der Waals surface area contributed by atoms with Crippen molar-refractivity contribution in [2.24, 2.45) is 0 Å². The molecule has 26 heavy (non-hydrogen) atoms.